The maximum atomic E-state index is 12.8. The zero-order chi connectivity index (χ0) is 18.1. The van der Waals surface area contributed by atoms with Crippen LogP contribution in [0.4, 0.5) is 11.4 Å². The highest BCUT2D eigenvalue weighted by molar-refractivity contribution is 6.07. The van der Waals surface area contributed by atoms with Gasteiger partial charge in [0.2, 0.25) is 0 Å². The molecular formula is C20H22N2O3. The van der Waals surface area contributed by atoms with Crippen LogP contribution < -0.4 is 15.0 Å². The number of hydrogen-bond donors (Lipinski definition) is 1. The Labute approximate surface area is 147 Å². The number of amides is 2. The van der Waals surface area contributed by atoms with Crippen LogP contribution in [0.5, 0.6) is 5.75 Å². The average molecular weight is 338 g/mol. The second-order valence-electron chi connectivity index (χ2n) is 6.57. The Morgan fingerprint density at radius 2 is 2.00 bits per heavy atom. The van der Waals surface area contributed by atoms with Gasteiger partial charge in [-0.05, 0) is 42.2 Å². The largest absolute Gasteiger partial charge is 0.482 e. The van der Waals surface area contributed by atoms with E-state index in [4.69, 9.17) is 4.74 Å². The van der Waals surface area contributed by atoms with E-state index >= 15 is 0 Å². The number of anilines is 2. The Kier molecular flexibility index (Phi) is 4.49. The summed E-state index contributed by atoms with van der Waals surface area (Å²) in [6, 6.07) is 11.1. The number of likely N-dealkylation sites (N-methyl/N-ethyl adjacent to an activating group) is 1. The standard InChI is InChI=1S/C20H22N2O3/c1-12(2)15-7-5-6-13(3)19(15)21-20(24)14-8-9-17-16(10-14)22(4)18(23)11-25-17/h5-10,12H,11H2,1-4H3,(H,21,24). The number of ether oxygens (including phenoxy) is 1. The van der Waals surface area contributed by atoms with E-state index < -0.39 is 0 Å². The Morgan fingerprint density at radius 3 is 2.72 bits per heavy atom. The molecule has 2 aromatic carbocycles. The number of aryl methyl sites for hydroxylation is 1. The zero-order valence-electron chi connectivity index (χ0n) is 14.9. The predicted molar refractivity (Wildman–Crippen MR) is 98.6 cm³/mol. The van der Waals surface area contributed by atoms with E-state index in [-0.39, 0.29) is 18.4 Å². The van der Waals surface area contributed by atoms with Crippen molar-refractivity contribution in [2.45, 2.75) is 26.7 Å². The Balaban J connectivity index is 1.92. The fourth-order valence-electron chi connectivity index (χ4n) is 2.94. The van der Waals surface area contributed by atoms with E-state index in [1.165, 1.54) is 4.90 Å². The number of nitrogens with one attached hydrogen (secondary N) is 1. The molecule has 130 valence electrons. The van der Waals surface area contributed by atoms with Gasteiger partial charge in [-0.2, -0.15) is 0 Å². The molecule has 0 fully saturated rings. The minimum absolute atomic E-state index is 0.0238. The van der Waals surface area contributed by atoms with Crippen molar-refractivity contribution in [1.82, 2.24) is 0 Å². The van der Waals surface area contributed by atoms with Crippen LogP contribution in [0.15, 0.2) is 36.4 Å². The highest BCUT2D eigenvalue weighted by Crippen LogP contribution is 2.33. The van der Waals surface area contributed by atoms with Gasteiger partial charge in [0.1, 0.15) is 5.75 Å². The van der Waals surface area contributed by atoms with Gasteiger partial charge >= 0.3 is 0 Å². The van der Waals surface area contributed by atoms with Crippen LogP contribution in [0.1, 0.15) is 41.3 Å². The molecule has 5 heteroatoms. The first kappa shape index (κ1) is 17.0. The van der Waals surface area contributed by atoms with Crippen LogP contribution in [0.2, 0.25) is 0 Å². The fourth-order valence-corrected chi connectivity index (χ4v) is 2.94. The van der Waals surface area contributed by atoms with Crippen LogP contribution in [-0.4, -0.2) is 25.5 Å². The van der Waals surface area contributed by atoms with E-state index in [1.54, 1.807) is 25.2 Å². The number of carbonyl (C=O) groups excluding carboxylic acids is 2. The van der Waals surface area contributed by atoms with Crippen LogP contribution in [0.25, 0.3) is 0 Å². The van der Waals surface area contributed by atoms with Crippen LogP contribution in [0, 0.1) is 6.92 Å². The highest BCUT2D eigenvalue weighted by Gasteiger charge is 2.23. The summed E-state index contributed by atoms with van der Waals surface area (Å²) in [4.78, 5) is 26.1. The lowest BCUT2D eigenvalue weighted by Crippen LogP contribution is -2.35. The molecular weight excluding hydrogens is 316 g/mol. The SMILES string of the molecule is Cc1cccc(C(C)C)c1NC(=O)c1ccc2c(c1)N(C)C(=O)CO2. The molecule has 0 aromatic heterocycles. The van der Waals surface area contributed by atoms with Crippen LogP contribution in [-0.2, 0) is 4.79 Å². The summed E-state index contributed by atoms with van der Waals surface area (Å²) in [6.07, 6.45) is 0. The van der Waals surface area contributed by atoms with Gasteiger partial charge in [0.15, 0.2) is 6.61 Å². The Hall–Kier alpha value is -2.82. The second-order valence-corrected chi connectivity index (χ2v) is 6.57. The Morgan fingerprint density at radius 1 is 1.24 bits per heavy atom. The smallest absolute Gasteiger partial charge is 0.264 e. The minimum Gasteiger partial charge on any atom is -0.482 e. The zero-order valence-corrected chi connectivity index (χ0v) is 14.9. The topological polar surface area (TPSA) is 58.6 Å². The first-order valence-electron chi connectivity index (χ1n) is 8.32. The van der Waals surface area contributed by atoms with Crippen molar-refractivity contribution in [2.24, 2.45) is 0 Å². The maximum absolute atomic E-state index is 12.8. The van der Waals surface area contributed by atoms with Crippen molar-refractivity contribution < 1.29 is 14.3 Å². The monoisotopic (exact) mass is 338 g/mol. The van der Waals surface area contributed by atoms with Gasteiger partial charge in [0, 0.05) is 18.3 Å². The van der Waals surface area contributed by atoms with E-state index in [0.29, 0.717) is 22.9 Å². The molecule has 25 heavy (non-hydrogen) atoms. The molecule has 0 spiro atoms. The third kappa shape index (κ3) is 3.22. The fraction of sp³-hybridized carbons (Fsp3) is 0.300. The lowest BCUT2D eigenvalue weighted by Gasteiger charge is -2.26. The number of fused-ring (bicyclic) bond motifs is 1. The van der Waals surface area contributed by atoms with E-state index in [1.807, 2.05) is 25.1 Å². The molecule has 5 nitrogen and oxygen atoms in total. The number of benzene rings is 2. The van der Waals surface area contributed by atoms with Gasteiger partial charge in [0.05, 0.1) is 5.69 Å². The minimum atomic E-state index is -0.203. The summed E-state index contributed by atoms with van der Waals surface area (Å²) in [5.41, 5.74) is 4.07. The summed E-state index contributed by atoms with van der Waals surface area (Å²) < 4.78 is 5.41. The van der Waals surface area contributed by atoms with Crippen molar-refractivity contribution in [2.75, 3.05) is 23.9 Å². The highest BCUT2D eigenvalue weighted by atomic mass is 16.5. The number of hydrogen-bond acceptors (Lipinski definition) is 3. The summed E-state index contributed by atoms with van der Waals surface area (Å²) in [7, 11) is 1.68. The normalized spacial score (nSPS) is 13.5. The van der Waals surface area contributed by atoms with Crippen LogP contribution >= 0.6 is 0 Å². The summed E-state index contributed by atoms with van der Waals surface area (Å²) in [5, 5.41) is 3.03. The first-order valence-corrected chi connectivity index (χ1v) is 8.32. The van der Waals surface area contributed by atoms with Crippen molar-refractivity contribution in [3.05, 3.63) is 53.1 Å². The van der Waals surface area contributed by atoms with E-state index in [2.05, 4.69) is 19.2 Å². The van der Waals surface area contributed by atoms with E-state index in [0.717, 1.165) is 16.8 Å². The molecule has 2 amide bonds. The average Bonchev–Trinajstić information content (AvgIpc) is 2.59. The van der Waals surface area contributed by atoms with Gasteiger partial charge in [-0.3, -0.25) is 9.59 Å². The van der Waals surface area contributed by atoms with Gasteiger partial charge in [-0.1, -0.05) is 32.0 Å². The first-order chi connectivity index (χ1) is 11.9. The molecule has 1 N–H and O–H groups in total. The van der Waals surface area contributed by atoms with Crippen molar-refractivity contribution in [3.63, 3.8) is 0 Å². The molecule has 0 aliphatic carbocycles. The van der Waals surface area contributed by atoms with Crippen molar-refractivity contribution >= 4 is 23.2 Å². The number of rotatable bonds is 3. The predicted octanol–water partition coefficient (Wildman–Crippen LogP) is 3.73. The Bertz CT molecular complexity index is 843. The summed E-state index contributed by atoms with van der Waals surface area (Å²) in [6.45, 7) is 6.20. The molecule has 0 saturated carbocycles. The maximum Gasteiger partial charge on any atom is 0.264 e. The van der Waals surface area contributed by atoms with Gasteiger partial charge in [-0.25, -0.2) is 0 Å². The lowest BCUT2D eigenvalue weighted by atomic mass is 9.98. The van der Waals surface area contributed by atoms with Gasteiger partial charge < -0.3 is 15.0 Å². The van der Waals surface area contributed by atoms with Gasteiger partial charge in [-0.15, -0.1) is 0 Å². The summed E-state index contributed by atoms with van der Waals surface area (Å²) in [5.74, 6) is 0.574. The quantitative estimate of drug-likeness (QED) is 0.928. The number of nitrogens with zero attached hydrogens (tertiary/aromatic N) is 1. The third-order valence-electron chi connectivity index (χ3n) is 4.47. The van der Waals surface area contributed by atoms with Crippen molar-refractivity contribution in [3.8, 4) is 5.75 Å². The molecule has 1 aliphatic rings. The molecule has 0 radical (unpaired) electrons. The van der Waals surface area contributed by atoms with Crippen molar-refractivity contribution in [1.29, 1.82) is 0 Å². The van der Waals surface area contributed by atoms with Crippen LogP contribution in [0.3, 0.4) is 0 Å². The molecule has 1 heterocycles. The molecule has 3 rings (SSSR count). The molecule has 0 atom stereocenters. The number of carbonyl (C=O) groups is 2. The lowest BCUT2D eigenvalue weighted by molar-refractivity contribution is -0.120. The second kappa shape index (κ2) is 6.59. The molecule has 1 aliphatic heterocycles. The molecule has 0 bridgehead atoms. The molecule has 0 unspecified atom stereocenters. The third-order valence-corrected chi connectivity index (χ3v) is 4.47. The molecule has 2 aromatic rings. The number of para-hydroxylation sites is 1. The summed E-state index contributed by atoms with van der Waals surface area (Å²) >= 11 is 0. The molecule has 0 saturated heterocycles. The van der Waals surface area contributed by atoms with E-state index in [9.17, 15) is 9.59 Å². The van der Waals surface area contributed by atoms with Gasteiger partial charge in [0.25, 0.3) is 11.8 Å².